The van der Waals surface area contributed by atoms with Gasteiger partial charge in [-0.25, -0.2) is 4.79 Å². The van der Waals surface area contributed by atoms with E-state index >= 15 is 0 Å². The van der Waals surface area contributed by atoms with Gasteiger partial charge in [0, 0.05) is 18.1 Å². The third-order valence-corrected chi connectivity index (χ3v) is 4.69. The van der Waals surface area contributed by atoms with Crippen LogP contribution in [0.15, 0.2) is 66.9 Å². The van der Waals surface area contributed by atoms with E-state index in [0.717, 1.165) is 41.4 Å². The first-order valence-corrected chi connectivity index (χ1v) is 8.63. The van der Waals surface area contributed by atoms with Gasteiger partial charge in [-0.05, 0) is 36.1 Å². The zero-order valence-electron chi connectivity index (χ0n) is 14.0. The van der Waals surface area contributed by atoms with Crippen molar-refractivity contribution in [3.63, 3.8) is 0 Å². The van der Waals surface area contributed by atoms with Crippen LogP contribution in [0.5, 0.6) is 0 Å². The number of benzene rings is 2. The fourth-order valence-corrected chi connectivity index (χ4v) is 3.40. The van der Waals surface area contributed by atoms with E-state index in [1.807, 2.05) is 59.6 Å². The van der Waals surface area contributed by atoms with Crippen molar-refractivity contribution < 1.29 is 9.53 Å². The molecule has 1 unspecified atom stereocenters. The predicted molar refractivity (Wildman–Crippen MR) is 97.1 cm³/mol. The Hall–Kier alpha value is -2.88. The maximum Gasteiger partial charge on any atom is 0.410 e. The lowest BCUT2D eigenvalue weighted by Crippen LogP contribution is -2.31. The molecule has 0 aliphatic carbocycles. The first kappa shape index (κ1) is 15.6. The summed E-state index contributed by atoms with van der Waals surface area (Å²) in [6.07, 6.45) is 3.56. The molecule has 1 saturated heterocycles. The number of hydrogen-bond donors (Lipinski definition) is 0. The van der Waals surface area contributed by atoms with E-state index in [9.17, 15) is 4.79 Å². The van der Waals surface area contributed by atoms with Crippen LogP contribution in [0.4, 0.5) is 4.79 Å². The number of aromatic nitrogens is 1. The maximum absolute atomic E-state index is 12.5. The molecule has 0 spiro atoms. The SMILES string of the molecule is O=C(OCc1ccccc1)N1CCCC1c1cnc2ccccc2c1. The minimum Gasteiger partial charge on any atom is -0.445 e. The van der Waals surface area contributed by atoms with Crippen molar-refractivity contribution in [2.45, 2.75) is 25.5 Å². The zero-order valence-corrected chi connectivity index (χ0v) is 14.0. The third-order valence-electron chi connectivity index (χ3n) is 4.69. The molecule has 1 aliphatic heterocycles. The van der Waals surface area contributed by atoms with Crippen molar-refractivity contribution in [2.24, 2.45) is 0 Å². The monoisotopic (exact) mass is 332 g/mol. The molecule has 2 aromatic carbocycles. The van der Waals surface area contributed by atoms with Crippen LogP contribution in [0.1, 0.15) is 30.0 Å². The Morgan fingerprint density at radius 2 is 1.92 bits per heavy atom. The smallest absolute Gasteiger partial charge is 0.410 e. The van der Waals surface area contributed by atoms with Gasteiger partial charge in [-0.1, -0.05) is 48.5 Å². The van der Waals surface area contributed by atoms with Crippen LogP contribution in [0.2, 0.25) is 0 Å². The normalized spacial score (nSPS) is 17.0. The van der Waals surface area contributed by atoms with Crippen molar-refractivity contribution in [1.82, 2.24) is 9.88 Å². The topological polar surface area (TPSA) is 42.4 Å². The highest BCUT2D eigenvalue weighted by atomic mass is 16.6. The molecule has 0 bridgehead atoms. The molecule has 4 nitrogen and oxygen atoms in total. The second-order valence-corrected chi connectivity index (χ2v) is 6.35. The van der Waals surface area contributed by atoms with Gasteiger partial charge in [0.05, 0.1) is 11.6 Å². The average Bonchev–Trinajstić information content (AvgIpc) is 3.16. The van der Waals surface area contributed by atoms with E-state index < -0.39 is 0 Å². The van der Waals surface area contributed by atoms with Crippen molar-refractivity contribution in [3.8, 4) is 0 Å². The average molecular weight is 332 g/mol. The van der Waals surface area contributed by atoms with Crippen molar-refractivity contribution in [3.05, 3.63) is 78.0 Å². The van der Waals surface area contributed by atoms with Gasteiger partial charge in [0.1, 0.15) is 6.61 Å². The van der Waals surface area contributed by atoms with Gasteiger partial charge in [0.15, 0.2) is 0 Å². The zero-order chi connectivity index (χ0) is 17.1. The minimum atomic E-state index is -0.250. The molecule has 1 atom stereocenters. The largest absolute Gasteiger partial charge is 0.445 e. The van der Waals surface area contributed by atoms with Gasteiger partial charge in [-0.2, -0.15) is 0 Å². The Morgan fingerprint density at radius 3 is 2.80 bits per heavy atom. The summed E-state index contributed by atoms with van der Waals surface area (Å²) < 4.78 is 5.52. The Labute approximate surface area is 147 Å². The fourth-order valence-electron chi connectivity index (χ4n) is 3.40. The fraction of sp³-hybridized carbons (Fsp3) is 0.238. The lowest BCUT2D eigenvalue weighted by molar-refractivity contribution is 0.0920. The molecule has 0 radical (unpaired) electrons. The first-order chi connectivity index (χ1) is 12.3. The lowest BCUT2D eigenvalue weighted by Gasteiger charge is -2.24. The second-order valence-electron chi connectivity index (χ2n) is 6.35. The number of nitrogens with zero attached hydrogens (tertiary/aromatic N) is 2. The first-order valence-electron chi connectivity index (χ1n) is 8.63. The van der Waals surface area contributed by atoms with Crippen LogP contribution in [-0.4, -0.2) is 22.5 Å². The molecular formula is C21H20N2O2. The molecule has 1 fully saturated rings. The van der Waals surface area contributed by atoms with Gasteiger partial charge in [0.25, 0.3) is 0 Å². The quantitative estimate of drug-likeness (QED) is 0.697. The molecule has 25 heavy (non-hydrogen) atoms. The Kier molecular flexibility index (Phi) is 4.34. The number of ether oxygens (including phenoxy) is 1. The molecule has 3 aromatic rings. The molecule has 126 valence electrons. The Bertz CT molecular complexity index is 879. The maximum atomic E-state index is 12.5. The predicted octanol–water partition coefficient (Wildman–Crippen LogP) is 4.71. The number of carbonyl (C=O) groups excluding carboxylic acids is 1. The van der Waals surface area contributed by atoms with Gasteiger partial charge < -0.3 is 9.64 Å². The van der Waals surface area contributed by atoms with Crippen molar-refractivity contribution in [1.29, 1.82) is 0 Å². The summed E-state index contributed by atoms with van der Waals surface area (Å²) in [5.41, 5.74) is 3.05. The molecule has 1 amide bonds. The lowest BCUT2D eigenvalue weighted by atomic mass is 10.0. The van der Waals surface area contributed by atoms with Crippen molar-refractivity contribution >= 4 is 17.0 Å². The van der Waals surface area contributed by atoms with Crippen LogP contribution >= 0.6 is 0 Å². The Morgan fingerprint density at radius 1 is 1.12 bits per heavy atom. The number of rotatable bonds is 3. The van der Waals surface area contributed by atoms with Crippen LogP contribution in [0, 0.1) is 0 Å². The molecule has 1 aromatic heterocycles. The molecule has 1 aliphatic rings. The summed E-state index contributed by atoms with van der Waals surface area (Å²) in [6, 6.07) is 20.0. The molecule has 0 saturated carbocycles. The number of fused-ring (bicyclic) bond motifs is 1. The van der Waals surface area contributed by atoms with Crippen LogP contribution < -0.4 is 0 Å². The molecule has 4 heteroatoms. The van der Waals surface area contributed by atoms with E-state index in [0.29, 0.717) is 6.61 Å². The van der Waals surface area contributed by atoms with E-state index in [1.54, 1.807) is 0 Å². The summed E-state index contributed by atoms with van der Waals surface area (Å²) >= 11 is 0. The van der Waals surface area contributed by atoms with Gasteiger partial charge >= 0.3 is 6.09 Å². The third kappa shape index (κ3) is 3.33. The number of carbonyl (C=O) groups is 1. The Balaban J connectivity index is 1.50. The van der Waals surface area contributed by atoms with E-state index in [2.05, 4.69) is 17.1 Å². The minimum absolute atomic E-state index is 0.0420. The van der Waals surface area contributed by atoms with Crippen LogP contribution in [0.3, 0.4) is 0 Å². The summed E-state index contributed by atoms with van der Waals surface area (Å²) in [6.45, 7) is 1.03. The summed E-state index contributed by atoms with van der Waals surface area (Å²) in [5.74, 6) is 0. The number of amides is 1. The highest BCUT2D eigenvalue weighted by Crippen LogP contribution is 2.33. The van der Waals surface area contributed by atoms with Crippen molar-refractivity contribution in [2.75, 3.05) is 6.54 Å². The van der Waals surface area contributed by atoms with Crippen LogP contribution in [-0.2, 0) is 11.3 Å². The van der Waals surface area contributed by atoms with E-state index in [4.69, 9.17) is 4.74 Å². The molecule has 2 heterocycles. The second kappa shape index (κ2) is 6.93. The summed E-state index contributed by atoms with van der Waals surface area (Å²) in [5, 5.41) is 1.10. The number of pyridine rings is 1. The van der Waals surface area contributed by atoms with Crippen LogP contribution in [0.25, 0.3) is 10.9 Å². The summed E-state index contributed by atoms with van der Waals surface area (Å²) in [4.78, 5) is 18.9. The van der Waals surface area contributed by atoms with Gasteiger partial charge in [-0.15, -0.1) is 0 Å². The summed E-state index contributed by atoms with van der Waals surface area (Å²) in [7, 11) is 0. The molecule has 0 N–H and O–H groups in total. The van der Waals surface area contributed by atoms with Gasteiger partial charge in [-0.3, -0.25) is 4.98 Å². The van der Waals surface area contributed by atoms with E-state index in [-0.39, 0.29) is 12.1 Å². The number of hydrogen-bond acceptors (Lipinski definition) is 3. The van der Waals surface area contributed by atoms with Gasteiger partial charge in [0.2, 0.25) is 0 Å². The highest BCUT2D eigenvalue weighted by Gasteiger charge is 2.31. The molecule has 4 rings (SSSR count). The highest BCUT2D eigenvalue weighted by molar-refractivity contribution is 5.79. The number of para-hydroxylation sites is 1. The molecular weight excluding hydrogens is 312 g/mol. The van der Waals surface area contributed by atoms with E-state index in [1.165, 1.54) is 0 Å². The standard InChI is InChI=1S/C21H20N2O2/c24-21(25-15-16-7-2-1-3-8-16)23-12-6-11-20(23)18-13-17-9-4-5-10-19(17)22-14-18/h1-5,7-10,13-14,20H,6,11-12,15H2. The number of likely N-dealkylation sites (tertiary alicyclic amines) is 1.